The molecule has 5 rings (SSSR count). The number of fused-ring (bicyclic) bond motifs is 2. The van der Waals surface area contributed by atoms with Crippen molar-refractivity contribution < 1.29 is 9.53 Å². The number of nitrogens with zero attached hydrogens (tertiary/aromatic N) is 5. The molecule has 0 aliphatic carbocycles. The zero-order valence-corrected chi connectivity index (χ0v) is 18.3. The second-order valence-corrected chi connectivity index (χ2v) is 8.44. The van der Waals surface area contributed by atoms with Gasteiger partial charge < -0.3 is 19.5 Å². The fourth-order valence-corrected chi connectivity index (χ4v) is 4.54. The fraction of sp³-hybridized carbons (Fsp3) is 0.417. The van der Waals surface area contributed by atoms with Crippen molar-refractivity contribution in [1.82, 2.24) is 24.8 Å². The molecule has 8 heteroatoms. The molecule has 8 nitrogen and oxygen atoms in total. The van der Waals surface area contributed by atoms with Crippen molar-refractivity contribution in [1.29, 1.82) is 0 Å². The lowest BCUT2D eigenvalue weighted by molar-refractivity contribution is -0.167. The summed E-state index contributed by atoms with van der Waals surface area (Å²) in [5, 5.41) is 3.03. The number of aromatic nitrogens is 4. The van der Waals surface area contributed by atoms with Crippen LogP contribution in [-0.4, -0.2) is 44.6 Å². The Balaban J connectivity index is 1.28. The van der Waals surface area contributed by atoms with E-state index in [1.54, 1.807) is 6.20 Å². The lowest BCUT2D eigenvalue weighted by Gasteiger charge is -2.45. The normalized spacial score (nSPS) is 19.5. The van der Waals surface area contributed by atoms with E-state index in [2.05, 4.69) is 36.7 Å². The van der Waals surface area contributed by atoms with Crippen molar-refractivity contribution in [3.8, 4) is 0 Å². The van der Waals surface area contributed by atoms with Gasteiger partial charge in [0.25, 0.3) is 5.91 Å². The van der Waals surface area contributed by atoms with Crippen LogP contribution in [0.2, 0.25) is 0 Å². The first-order chi connectivity index (χ1) is 15.7. The molecule has 2 aliphatic heterocycles. The molecular formula is C24H28N6O2. The standard InChI is InChI=1S/C24H28N6O2/c1-2-18-14-27-23(28-15-18)29-11-8-24(9-12-29)22-25-10-13-30(22)17-20(32-24)21(31)26-16-19-6-4-3-5-7-19/h3-7,10,13-15,20H,2,8-9,11-12,16-17H2,1H3,(H,26,31). The minimum absolute atomic E-state index is 0.0894. The van der Waals surface area contributed by atoms with E-state index < -0.39 is 11.7 Å². The van der Waals surface area contributed by atoms with Crippen LogP contribution in [0.15, 0.2) is 55.1 Å². The number of piperidine rings is 1. The van der Waals surface area contributed by atoms with Crippen LogP contribution in [0.3, 0.4) is 0 Å². The van der Waals surface area contributed by atoms with Gasteiger partial charge in [0.1, 0.15) is 11.4 Å². The highest BCUT2D eigenvalue weighted by molar-refractivity contribution is 5.81. The Labute approximate surface area is 187 Å². The maximum Gasteiger partial charge on any atom is 0.251 e. The Morgan fingerprint density at radius 2 is 1.88 bits per heavy atom. The molecule has 4 heterocycles. The van der Waals surface area contributed by atoms with Gasteiger partial charge in [-0.05, 0) is 17.5 Å². The van der Waals surface area contributed by atoms with Gasteiger partial charge in [0.05, 0.1) is 6.54 Å². The average molecular weight is 433 g/mol. The lowest BCUT2D eigenvalue weighted by atomic mass is 9.88. The molecule has 32 heavy (non-hydrogen) atoms. The summed E-state index contributed by atoms with van der Waals surface area (Å²) in [6.07, 6.45) is 9.35. The number of ether oxygens (including phenoxy) is 1. The van der Waals surface area contributed by atoms with E-state index in [4.69, 9.17) is 4.74 Å². The van der Waals surface area contributed by atoms with Gasteiger partial charge in [-0.2, -0.15) is 0 Å². The molecule has 1 aromatic carbocycles. The summed E-state index contributed by atoms with van der Waals surface area (Å²) in [4.78, 5) is 28.8. The predicted octanol–water partition coefficient (Wildman–Crippen LogP) is 2.45. The van der Waals surface area contributed by atoms with Gasteiger partial charge in [-0.15, -0.1) is 0 Å². The number of benzene rings is 1. The molecule has 1 spiro atoms. The van der Waals surface area contributed by atoms with Crippen LogP contribution in [0.5, 0.6) is 0 Å². The number of hydrogen-bond acceptors (Lipinski definition) is 6. The maximum absolute atomic E-state index is 13.0. The van der Waals surface area contributed by atoms with Crippen molar-refractivity contribution in [3.05, 3.63) is 72.1 Å². The predicted molar refractivity (Wildman–Crippen MR) is 120 cm³/mol. The second-order valence-electron chi connectivity index (χ2n) is 8.44. The Bertz CT molecular complexity index is 1060. The summed E-state index contributed by atoms with van der Waals surface area (Å²) >= 11 is 0. The molecule has 1 N–H and O–H groups in total. The molecule has 1 unspecified atom stereocenters. The van der Waals surface area contributed by atoms with E-state index in [0.717, 1.165) is 55.3 Å². The van der Waals surface area contributed by atoms with Crippen LogP contribution in [0, 0.1) is 0 Å². The quantitative estimate of drug-likeness (QED) is 0.667. The number of carbonyl (C=O) groups excluding carboxylic acids is 1. The highest BCUT2D eigenvalue weighted by Crippen LogP contribution is 2.40. The van der Waals surface area contributed by atoms with Gasteiger partial charge in [0.15, 0.2) is 6.10 Å². The number of imidazole rings is 1. The highest BCUT2D eigenvalue weighted by atomic mass is 16.5. The second kappa shape index (κ2) is 8.70. The number of amides is 1. The molecule has 0 saturated carbocycles. The van der Waals surface area contributed by atoms with E-state index in [-0.39, 0.29) is 5.91 Å². The third kappa shape index (κ3) is 3.98. The van der Waals surface area contributed by atoms with Crippen LogP contribution in [0.1, 0.15) is 36.7 Å². The van der Waals surface area contributed by atoms with Crippen LogP contribution in [-0.2, 0) is 34.6 Å². The maximum atomic E-state index is 13.0. The molecule has 1 saturated heterocycles. The van der Waals surface area contributed by atoms with Gasteiger partial charge in [-0.3, -0.25) is 4.79 Å². The monoisotopic (exact) mass is 432 g/mol. The SMILES string of the molecule is CCc1cnc(N2CCC3(CC2)OC(C(=O)NCc2ccccc2)Cn2ccnc23)nc1. The number of aryl methyl sites for hydroxylation is 1. The Kier molecular flexibility index (Phi) is 5.61. The summed E-state index contributed by atoms with van der Waals surface area (Å²) in [6.45, 7) is 4.55. The molecule has 0 radical (unpaired) electrons. The molecule has 1 fully saturated rings. The first-order valence-corrected chi connectivity index (χ1v) is 11.2. The summed E-state index contributed by atoms with van der Waals surface area (Å²) < 4.78 is 8.58. The molecule has 2 aliphatic rings. The largest absolute Gasteiger partial charge is 0.352 e. The van der Waals surface area contributed by atoms with Gasteiger partial charge >= 0.3 is 0 Å². The van der Waals surface area contributed by atoms with Crippen molar-refractivity contribution >= 4 is 11.9 Å². The number of nitrogens with one attached hydrogen (secondary N) is 1. The number of anilines is 1. The van der Waals surface area contributed by atoms with E-state index in [1.165, 1.54) is 0 Å². The van der Waals surface area contributed by atoms with Crippen molar-refractivity contribution in [2.24, 2.45) is 0 Å². The first kappa shape index (κ1) is 20.6. The molecule has 2 aromatic heterocycles. The van der Waals surface area contributed by atoms with Crippen LogP contribution < -0.4 is 10.2 Å². The molecule has 3 aromatic rings. The van der Waals surface area contributed by atoms with E-state index >= 15 is 0 Å². The summed E-state index contributed by atoms with van der Waals surface area (Å²) in [6, 6.07) is 9.91. The Morgan fingerprint density at radius 1 is 1.12 bits per heavy atom. The van der Waals surface area contributed by atoms with Crippen molar-refractivity contribution in [2.75, 3.05) is 18.0 Å². The summed E-state index contributed by atoms with van der Waals surface area (Å²) in [5.41, 5.74) is 1.62. The molecular weight excluding hydrogens is 404 g/mol. The van der Waals surface area contributed by atoms with Crippen LogP contribution >= 0.6 is 0 Å². The molecule has 166 valence electrons. The fourth-order valence-electron chi connectivity index (χ4n) is 4.54. The van der Waals surface area contributed by atoms with Gasteiger partial charge in [0, 0.05) is 57.3 Å². The van der Waals surface area contributed by atoms with E-state index in [9.17, 15) is 4.79 Å². The first-order valence-electron chi connectivity index (χ1n) is 11.2. The van der Waals surface area contributed by atoms with Crippen molar-refractivity contribution in [3.63, 3.8) is 0 Å². The zero-order valence-electron chi connectivity index (χ0n) is 18.3. The zero-order chi connectivity index (χ0) is 22.0. The van der Waals surface area contributed by atoms with Gasteiger partial charge in [-0.25, -0.2) is 15.0 Å². The molecule has 1 amide bonds. The highest BCUT2D eigenvalue weighted by Gasteiger charge is 2.47. The Morgan fingerprint density at radius 3 is 2.59 bits per heavy atom. The van der Waals surface area contributed by atoms with Crippen LogP contribution in [0.25, 0.3) is 0 Å². The van der Waals surface area contributed by atoms with Crippen LogP contribution in [0.4, 0.5) is 5.95 Å². The van der Waals surface area contributed by atoms with E-state index in [1.807, 2.05) is 48.9 Å². The topological polar surface area (TPSA) is 85.2 Å². The molecule has 1 atom stereocenters. The number of carbonyl (C=O) groups is 1. The minimum atomic E-state index is -0.573. The van der Waals surface area contributed by atoms with Gasteiger partial charge in [-0.1, -0.05) is 37.3 Å². The van der Waals surface area contributed by atoms with Gasteiger partial charge in [0.2, 0.25) is 5.95 Å². The minimum Gasteiger partial charge on any atom is -0.352 e. The van der Waals surface area contributed by atoms with Crippen molar-refractivity contribution in [2.45, 2.75) is 51.0 Å². The average Bonchev–Trinajstić information content (AvgIpc) is 3.34. The number of hydrogen-bond donors (Lipinski definition) is 1. The molecule has 0 bridgehead atoms. The lowest BCUT2D eigenvalue weighted by Crippen LogP contribution is -2.54. The van der Waals surface area contributed by atoms with E-state index in [0.29, 0.717) is 13.1 Å². The summed E-state index contributed by atoms with van der Waals surface area (Å²) in [5.74, 6) is 1.56. The third-order valence-corrected chi connectivity index (χ3v) is 6.41. The Hall–Kier alpha value is -3.26. The smallest absolute Gasteiger partial charge is 0.251 e. The third-order valence-electron chi connectivity index (χ3n) is 6.41. The number of rotatable bonds is 5. The summed E-state index contributed by atoms with van der Waals surface area (Å²) in [7, 11) is 0.